The number of carbonyl (C=O) groups is 1. The van der Waals surface area contributed by atoms with Gasteiger partial charge < -0.3 is 5.11 Å². The molecule has 2 atom stereocenters. The van der Waals surface area contributed by atoms with Crippen LogP contribution >= 0.6 is 0 Å². The van der Waals surface area contributed by atoms with Crippen LogP contribution in [0, 0.1) is 11.7 Å². The van der Waals surface area contributed by atoms with Gasteiger partial charge in [-0.25, -0.2) is 4.39 Å². The molecule has 3 heteroatoms. The van der Waals surface area contributed by atoms with E-state index < -0.39 is 5.97 Å². The van der Waals surface area contributed by atoms with Gasteiger partial charge in [0.1, 0.15) is 5.82 Å². The summed E-state index contributed by atoms with van der Waals surface area (Å²) in [6, 6.07) is 6.23. The Bertz CT molecular complexity index is 372. The van der Waals surface area contributed by atoms with Gasteiger partial charge in [-0.2, -0.15) is 0 Å². The molecule has 0 saturated heterocycles. The SMILES string of the molecule is O=C(O)[C@@H]1CCCCC1c1ccc(F)cc1. The van der Waals surface area contributed by atoms with E-state index >= 15 is 0 Å². The van der Waals surface area contributed by atoms with Crippen molar-refractivity contribution < 1.29 is 14.3 Å². The summed E-state index contributed by atoms with van der Waals surface area (Å²) in [6.07, 6.45) is 3.67. The van der Waals surface area contributed by atoms with Crippen LogP contribution in [0.2, 0.25) is 0 Å². The molecule has 2 rings (SSSR count). The third-order valence-corrected chi connectivity index (χ3v) is 3.38. The average molecular weight is 222 g/mol. The number of aliphatic carboxylic acids is 1. The molecule has 1 aromatic carbocycles. The molecule has 0 amide bonds. The first-order chi connectivity index (χ1) is 7.68. The van der Waals surface area contributed by atoms with Gasteiger partial charge in [0.25, 0.3) is 0 Å². The lowest BCUT2D eigenvalue weighted by atomic mass is 9.75. The van der Waals surface area contributed by atoms with E-state index in [1.807, 2.05) is 0 Å². The largest absolute Gasteiger partial charge is 0.481 e. The Balaban J connectivity index is 2.23. The van der Waals surface area contributed by atoms with Gasteiger partial charge in [0, 0.05) is 0 Å². The van der Waals surface area contributed by atoms with Crippen molar-refractivity contribution in [2.24, 2.45) is 5.92 Å². The van der Waals surface area contributed by atoms with E-state index in [1.165, 1.54) is 12.1 Å². The summed E-state index contributed by atoms with van der Waals surface area (Å²) in [5.41, 5.74) is 0.952. The molecule has 0 aromatic heterocycles. The summed E-state index contributed by atoms with van der Waals surface area (Å²) in [5.74, 6) is -1.26. The van der Waals surface area contributed by atoms with Gasteiger partial charge in [-0.1, -0.05) is 25.0 Å². The van der Waals surface area contributed by atoms with Gasteiger partial charge in [0.2, 0.25) is 0 Å². The third-order valence-electron chi connectivity index (χ3n) is 3.38. The Morgan fingerprint density at radius 2 is 1.81 bits per heavy atom. The highest BCUT2D eigenvalue weighted by atomic mass is 19.1. The molecule has 1 aliphatic rings. The topological polar surface area (TPSA) is 37.3 Å². The number of carboxylic acids is 1. The Kier molecular flexibility index (Phi) is 3.22. The predicted molar refractivity (Wildman–Crippen MR) is 58.7 cm³/mol. The standard InChI is InChI=1S/C13H15FO2/c14-10-7-5-9(6-8-10)11-3-1-2-4-12(11)13(15)16/h5-8,11-12H,1-4H2,(H,15,16)/t11?,12-/m1/s1. The van der Waals surface area contributed by atoms with Crippen molar-refractivity contribution in [2.45, 2.75) is 31.6 Å². The van der Waals surface area contributed by atoms with Gasteiger partial charge in [-0.05, 0) is 36.5 Å². The third kappa shape index (κ3) is 2.23. The molecule has 0 aliphatic heterocycles. The fourth-order valence-corrected chi connectivity index (χ4v) is 2.54. The highest BCUT2D eigenvalue weighted by Crippen LogP contribution is 2.37. The Hall–Kier alpha value is -1.38. The molecule has 0 heterocycles. The first kappa shape index (κ1) is 11.1. The predicted octanol–water partition coefficient (Wildman–Crippen LogP) is 3.18. The van der Waals surface area contributed by atoms with E-state index in [-0.39, 0.29) is 17.7 Å². The molecule has 16 heavy (non-hydrogen) atoms. The first-order valence-corrected chi connectivity index (χ1v) is 5.67. The highest BCUT2D eigenvalue weighted by Gasteiger charge is 2.31. The molecule has 1 aromatic rings. The molecular weight excluding hydrogens is 207 g/mol. The normalized spacial score (nSPS) is 25.3. The summed E-state index contributed by atoms with van der Waals surface area (Å²) in [6.45, 7) is 0. The quantitative estimate of drug-likeness (QED) is 0.834. The van der Waals surface area contributed by atoms with Crippen molar-refractivity contribution in [2.75, 3.05) is 0 Å². The van der Waals surface area contributed by atoms with E-state index in [0.717, 1.165) is 31.2 Å². The zero-order valence-electron chi connectivity index (χ0n) is 9.03. The second-order valence-electron chi connectivity index (χ2n) is 4.39. The molecule has 1 saturated carbocycles. The molecule has 1 fully saturated rings. The van der Waals surface area contributed by atoms with Gasteiger partial charge in [0.05, 0.1) is 5.92 Å². The maximum absolute atomic E-state index is 12.8. The van der Waals surface area contributed by atoms with E-state index in [1.54, 1.807) is 12.1 Å². The van der Waals surface area contributed by atoms with Crippen LogP contribution < -0.4 is 0 Å². The minimum Gasteiger partial charge on any atom is -0.481 e. The van der Waals surface area contributed by atoms with Gasteiger partial charge in [-0.3, -0.25) is 4.79 Å². The first-order valence-electron chi connectivity index (χ1n) is 5.67. The number of halogens is 1. The maximum atomic E-state index is 12.8. The van der Waals surface area contributed by atoms with Crippen LogP contribution in [0.5, 0.6) is 0 Å². The summed E-state index contributed by atoms with van der Waals surface area (Å²) in [4.78, 5) is 11.1. The smallest absolute Gasteiger partial charge is 0.307 e. The lowest BCUT2D eigenvalue weighted by Gasteiger charge is -2.28. The fourth-order valence-electron chi connectivity index (χ4n) is 2.54. The Morgan fingerprint density at radius 3 is 2.44 bits per heavy atom. The zero-order valence-corrected chi connectivity index (χ0v) is 9.03. The van der Waals surface area contributed by atoms with Crippen molar-refractivity contribution in [3.05, 3.63) is 35.6 Å². The second kappa shape index (κ2) is 4.64. The van der Waals surface area contributed by atoms with E-state index in [9.17, 15) is 9.18 Å². The second-order valence-corrected chi connectivity index (χ2v) is 4.39. The van der Waals surface area contributed by atoms with Crippen LogP contribution in [0.25, 0.3) is 0 Å². The van der Waals surface area contributed by atoms with Crippen LogP contribution in [0.15, 0.2) is 24.3 Å². The molecule has 1 N–H and O–H groups in total. The summed E-state index contributed by atoms with van der Waals surface area (Å²) in [5, 5.41) is 9.15. The van der Waals surface area contributed by atoms with Gasteiger partial charge in [0.15, 0.2) is 0 Å². The van der Waals surface area contributed by atoms with Crippen molar-refractivity contribution in [3.8, 4) is 0 Å². The molecule has 0 radical (unpaired) electrons. The minimum atomic E-state index is -0.728. The lowest BCUT2D eigenvalue weighted by molar-refractivity contribution is -0.143. The minimum absolute atomic E-state index is 0.0480. The summed E-state index contributed by atoms with van der Waals surface area (Å²) < 4.78 is 12.8. The van der Waals surface area contributed by atoms with Crippen LogP contribution in [0.4, 0.5) is 4.39 Å². The van der Waals surface area contributed by atoms with E-state index in [2.05, 4.69) is 0 Å². The average Bonchev–Trinajstić information content (AvgIpc) is 2.30. The molecule has 0 bridgehead atoms. The van der Waals surface area contributed by atoms with E-state index in [4.69, 9.17) is 5.11 Å². The highest BCUT2D eigenvalue weighted by molar-refractivity contribution is 5.71. The van der Waals surface area contributed by atoms with Gasteiger partial charge >= 0.3 is 5.97 Å². The fraction of sp³-hybridized carbons (Fsp3) is 0.462. The monoisotopic (exact) mass is 222 g/mol. The number of rotatable bonds is 2. The molecule has 1 aliphatic carbocycles. The maximum Gasteiger partial charge on any atom is 0.307 e. The van der Waals surface area contributed by atoms with Gasteiger partial charge in [-0.15, -0.1) is 0 Å². The zero-order chi connectivity index (χ0) is 11.5. The Labute approximate surface area is 94.1 Å². The summed E-state index contributed by atoms with van der Waals surface area (Å²) in [7, 11) is 0. The molecule has 1 unspecified atom stereocenters. The molecular formula is C13H15FO2. The van der Waals surface area contributed by atoms with Crippen molar-refractivity contribution in [1.29, 1.82) is 0 Å². The van der Waals surface area contributed by atoms with Crippen LogP contribution in [0.3, 0.4) is 0 Å². The van der Waals surface area contributed by atoms with Crippen LogP contribution in [-0.2, 0) is 4.79 Å². The van der Waals surface area contributed by atoms with E-state index in [0.29, 0.717) is 0 Å². The number of hydrogen-bond donors (Lipinski definition) is 1. The van der Waals surface area contributed by atoms with Crippen molar-refractivity contribution in [1.82, 2.24) is 0 Å². The van der Waals surface area contributed by atoms with Crippen LogP contribution in [0.1, 0.15) is 37.2 Å². The summed E-state index contributed by atoms with van der Waals surface area (Å²) >= 11 is 0. The molecule has 0 spiro atoms. The van der Waals surface area contributed by atoms with Crippen LogP contribution in [-0.4, -0.2) is 11.1 Å². The number of carboxylic acid groups (broad SMARTS) is 1. The lowest BCUT2D eigenvalue weighted by Crippen LogP contribution is -2.25. The molecule has 2 nitrogen and oxygen atoms in total. The molecule has 86 valence electrons. The number of hydrogen-bond acceptors (Lipinski definition) is 1. The number of benzene rings is 1. The Morgan fingerprint density at radius 1 is 1.19 bits per heavy atom. The van der Waals surface area contributed by atoms with Crippen molar-refractivity contribution >= 4 is 5.97 Å². The van der Waals surface area contributed by atoms with Crippen molar-refractivity contribution in [3.63, 3.8) is 0 Å².